The summed E-state index contributed by atoms with van der Waals surface area (Å²) in [6.45, 7) is 0.554. The molecule has 1 amide bonds. The molecule has 28 heavy (non-hydrogen) atoms. The molecule has 0 bridgehead atoms. The van der Waals surface area contributed by atoms with Gasteiger partial charge in [-0.2, -0.15) is 0 Å². The minimum Gasteiger partial charge on any atom is -0.337 e. The molecule has 146 valence electrons. The fourth-order valence-electron chi connectivity index (χ4n) is 3.39. The van der Waals surface area contributed by atoms with Crippen molar-refractivity contribution in [2.75, 3.05) is 23.9 Å². The van der Waals surface area contributed by atoms with Crippen LogP contribution in [0.2, 0.25) is 0 Å². The smallest absolute Gasteiger partial charge is 0.253 e. The van der Waals surface area contributed by atoms with E-state index in [-0.39, 0.29) is 28.7 Å². The molecule has 2 heterocycles. The van der Waals surface area contributed by atoms with E-state index in [0.29, 0.717) is 12.1 Å². The van der Waals surface area contributed by atoms with Crippen molar-refractivity contribution in [2.45, 2.75) is 17.8 Å². The Balaban J connectivity index is 1.37. The molecule has 2 aromatic rings. The lowest BCUT2D eigenvalue weighted by molar-refractivity contribution is 0.0785. The number of fused-ring (bicyclic) bond motifs is 1. The van der Waals surface area contributed by atoms with Crippen LogP contribution in [0, 0.1) is 0 Å². The molecular weight excluding hydrogens is 394 g/mol. The van der Waals surface area contributed by atoms with Crippen molar-refractivity contribution in [2.24, 2.45) is 4.99 Å². The van der Waals surface area contributed by atoms with Gasteiger partial charge in [-0.25, -0.2) is 8.42 Å². The van der Waals surface area contributed by atoms with Crippen LogP contribution in [0.3, 0.4) is 0 Å². The SMILES string of the molecule is CN(Cc1ccccc1)C(=O)c1ccc(NC2=N[C@H]3CS(=O)(=O)C[C@@H]3S2)cc1. The average molecular weight is 416 g/mol. The van der Waals surface area contributed by atoms with E-state index in [1.807, 2.05) is 42.5 Å². The van der Waals surface area contributed by atoms with E-state index < -0.39 is 9.84 Å². The first kappa shape index (κ1) is 19.0. The van der Waals surface area contributed by atoms with E-state index in [9.17, 15) is 13.2 Å². The number of rotatable bonds is 4. The first-order chi connectivity index (χ1) is 13.4. The number of hydrogen-bond acceptors (Lipinski definition) is 6. The van der Waals surface area contributed by atoms with E-state index in [0.717, 1.165) is 16.4 Å². The summed E-state index contributed by atoms with van der Waals surface area (Å²) >= 11 is 1.48. The number of nitrogens with zero attached hydrogens (tertiary/aromatic N) is 2. The molecular formula is C20H21N3O3S2. The summed E-state index contributed by atoms with van der Waals surface area (Å²) in [5.41, 5.74) is 2.53. The van der Waals surface area contributed by atoms with Gasteiger partial charge in [-0.05, 0) is 29.8 Å². The number of thioether (sulfide) groups is 1. The predicted molar refractivity (Wildman–Crippen MR) is 114 cm³/mol. The van der Waals surface area contributed by atoms with Gasteiger partial charge >= 0.3 is 0 Å². The Kier molecular flexibility index (Phi) is 5.16. The molecule has 0 aromatic heterocycles. The first-order valence-electron chi connectivity index (χ1n) is 9.01. The lowest BCUT2D eigenvalue weighted by Crippen LogP contribution is -2.26. The molecule has 0 spiro atoms. The van der Waals surface area contributed by atoms with E-state index in [1.54, 1.807) is 24.1 Å². The number of nitrogens with one attached hydrogen (secondary N) is 1. The fraction of sp³-hybridized carbons (Fsp3) is 0.300. The van der Waals surface area contributed by atoms with Gasteiger partial charge in [0.1, 0.15) is 0 Å². The van der Waals surface area contributed by atoms with Gasteiger partial charge in [-0.3, -0.25) is 9.79 Å². The molecule has 2 aliphatic rings. The zero-order valence-electron chi connectivity index (χ0n) is 15.4. The van der Waals surface area contributed by atoms with Gasteiger partial charge in [0.15, 0.2) is 15.0 Å². The molecule has 0 radical (unpaired) electrons. The van der Waals surface area contributed by atoms with Crippen LogP contribution in [0.25, 0.3) is 0 Å². The summed E-state index contributed by atoms with van der Waals surface area (Å²) in [6, 6.07) is 17.0. The van der Waals surface area contributed by atoms with E-state index in [4.69, 9.17) is 0 Å². The molecule has 8 heteroatoms. The second-order valence-corrected chi connectivity index (χ2v) is 10.5. The van der Waals surface area contributed by atoms with Gasteiger partial charge in [0.25, 0.3) is 5.91 Å². The second kappa shape index (κ2) is 7.60. The van der Waals surface area contributed by atoms with Gasteiger partial charge in [0, 0.05) is 30.1 Å². The molecule has 0 unspecified atom stereocenters. The molecule has 6 nitrogen and oxygen atoms in total. The molecule has 0 aliphatic carbocycles. The summed E-state index contributed by atoms with van der Waals surface area (Å²) in [7, 11) is -1.16. The topological polar surface area (TPSA) is 78.8 Å². The Morgan fingerprint density at radius 3 is 2.54 bits per heavy atom. The van der Waals surface area contributed by atoms with Crippen molar-refractivity contribution < 1.29 is 13.2 Å². The quantitative estimate of drug-likeness (QED) is 0.831. The van der Waals surface area contributed by atoms with Gasteiger partial charge in [0.05, 0.1) is 17.5 Å². The Morgan fingerprint density at radius 1 is 1.14 bits per heavy atom. The normalized spacial score (nSPS) is 22.4. The van der Waals surface area contributed by atoms with E-state index >= 15 is 0 Å². The number of hydrogen-bond donors (Lipinski definition) is 1. The number of carbonyl (C=O) groups excluding carboxylic acids is 1. The molecule has 1 fully saturated rings. The number of sulfone groups is 1. The largest absolute Gasteiger partial charge is 0.337 e. The Hall–Kier alpha value is -2.32. The van der Waals surface area contributed by atoms with Crippen LogP contribution in [0.15, 0.2) is 59.6 Å². The summed E-state index contributed by atoms with van der Waals surface area (Å²) < 4.78 is 23.3. The summed E-state index contributed by atoms with van der Waals surface area (Å²) in [5.74, 6) is 0.289. The van der Waals surface area contributed by atoms with Crippen LogP contribution >= 0.6 is 11.8 Å². The Bertz CT molecular complexity index is 1000. The first-order valence-corrected chi connectivity index (χ1v) is 11.7. The highest BCUT2D eigenvalue weighted by Gasteiger charge is 2.42. The molecule has 1 saturated heterocycles. The van der Waals surface area contributed by atoms with Crippen LogP contribution in [0.4, 0.5) is 5.69 Å². The van der Waals surface area contributed by atoms with Crippen LogP contribution in [0.5, 0.6) is 0 Å². The maximum Gasteiger partial charge on any atom is 0.253 e. The molecule has 2 aliphatic heterocycles. The lowest BCUT2D eigenvalue weighted by atomic mass is 10.1. The number of benzene rings is 2. The molecule has 4 rings (SSSR count). The van der Waals surface area contributed by atoms with Crippen molar-refractivity contribution in [1.82, 2.24) is 4.90 Å². The van der Waals surface area contributed by atoms with Gasteiger partial charge in [0.2, 0.25) is 0 Å². The monoisotopic (exact) mass is 415 g/mol. The molecule has 2 aromatic carbocycles. The predicted octanol–water partition coefficient (Wildman–Crippen LogP) is 2.64. The number of anilines is 1. The van der Waals surface area contributed by atoms with Crippen LogP contribution in [-0.4, -0.2) is 54.2 Å². The minimum atomic E-state index is -2.95. The van der Waals surface area contributed by atoms with Gasteiger partial charge < -0.3 is 10.2 Å². The summed E-state index contributed by atoms with van der Waals surface area (Å²) in [6.07, 6.45) is 0. The Morgan fingerprint density at radius 2 is 1.86 bits per heavy atom. The van der Waals surface area contributed by atoms with Crippen LogP contribution in [0.1, 0.15) is 15.9 Å². The summed E-state index contributed by atoms with van der Waals surface area (Å²) in [5, 5.41) is 3.98. The van der Waals surface area contributed by atoms with E-state index in [2.05, 4.69) is 10.3 Å². The highest BCUT2D eigenvalue weighted by atomic mass is 32.2. The number of amidine groups is 1. The van der Waals surface area contributed by atoms with E-state index in [1.165, 1.54) is 11.8 Å². The van der Waals surface area contributed by atoms with Crippen LogP contribution in [-0.2, 0) is 16.4 Å². The molecule has 0 saturated carbocycles. The Labute approximate surface area is 169 Å². The summed E-state index contributed by atoms with van der Waals surface area (Å²) in [4.78, 5) is 18.8. The van der Waals surface area contributed by atoms with Crippen molar-refractivity contribution in [3.05, 3.63) is 65.7 Å². The maximum atomic E-state index is 12.6. The van der Waals surface area contributed by atoms with Crippen LogP contribution < -0.4 is 5.32 Å². The number of amides is 1. The maximum absolute atomic E-state index is 12.6. The minimum absolute atomic E-state index is 0.0139. The van der Waals surface area contributed by atoms with Gasteiger partial charge in [-0.15, -0.1) is 0 Å². The fourth-order valence-corrected chi connectivity index (χ4v) is 7.06. The third-order valence-corrected chi connectivity index (χ3v) is 7.95. The average Bonchev–Trinajstić information content (AvgIpc) is 3.15. The standard InChI is InChI=1S/C20H21N3O3S2/c1-23(11-14-5-3-2-4-6-14)19(24)15-7-9-16(10-8-15)21-20-22-17-12-28(25,26)13-18(17)27-20/h2-10,17-18H,11-13H2,1H3,(H,21,22)/t17-,18-/m0/s1. The molecule has 1 N–H and O–H groups in total. The zero-order chi connectivity index (χ0) is 19.7. The lowest BCUT2D eigenvalue weighted by Gasteiger charge is -2.17. The third-order valence-electron chi connectivity index (χ3n) is 4.81. The highest BCUT2D eigenvalue weighted by molar-refractivity contribution is 8.15. The van der Waals surface area contributed by atoms with Gasteiger partial charge in [-0.1, -0.05) is 42.1 Å². The van der Waals surface area contributed by atoms with Crippen molar-refractivity contribution in [3.8, 4) is 0 Å². The van der Waals surface area contributed by atoms with Crippen molar-refractivity contribution >= 4 is 38.4 Å². The number of carbonyl (C=O) groups is 1. The second-order valence-electron chi connectivity index (χ2n) is 7.08. The molecule has 2 atom stereocenters. The van der Waals surface area contributed by atoms with Crippen molar-refractivity contribution in [1.29, 1.82) is 0 Å². The van der Waals surface area contributed by atoms with Crippen molar-refractivity contribution in [3.63, 3.8) is 0 Å². The zero-order valence-corrected chi connectivity index (χ0v) is 17.0. The highest BCUT2D eigenvalue weighted by Crippen LogP contribution is 2.34. The number of aliphatic imine (C=N–C) groups is 1. The third kappa shape index (κ3) is 4.23.